The van der Waals surface area contributed by atoms with Gasteiger partial charge in [-0.1, -0.05) is 18.6 Å². The van der Waals surface area contributed by atoms with Gasteiger partial charge in [0.05, 0.1) is 6.20 Å². The second kappa shape index (κ2) is 7.48. The lowest BCUT2D eigenvalue weighted by Gasteiger charge is -2.26. The average Bonchev–Trinajstić information content (AvgIpc) is 3.08. The molecule has 1 N–H and O–H groups in total. The molecule has 27 heavy (non-hydrogen) atoms. The molecule has 1 aliphatic rings. The zero-order valence-electron chi connectivity index (χ0n) is 15.9. The lowest BCUT2D eigenvalue weighted by molar-refractivity contribution is 0.102. The Morgan fingerprint density at radius 1 is 1.11 bits per heavy atom. The van der Waals surface area contributed by atoms with E-state index in [1.54, 1.807) is 10.7 Å². The summed E-state index contributed by atoms with van der Waals surface area (Å²) in [4.78, 5) is 19.7. The van der Waals surface area contributed by atoms with Crippen molar-refractivity contribution in [1.29, 1.82) is 0 Å². The molecule has 1 aliphatic heterocycles. The fraction of sp³-hybridized carbons (Fsp3) is 0.381. The normalized spacial score (nSPS) is 15.2. The molecule has 1 saturated heterocycles. The van der Waals surface area contributed by atoms with Crippen LogP contribution < -0.4 is 5.32 Å². The van der Waals surface area contributed by atoms with Crippen LogP contribution in [0, 0.1) is 13.8 Å². The fourth-order valence-electron chi connectivity index (χ4n) is 3.70. The number of aryl methyl sites for hydroxylation is 2. The van der Waals surface area contributed by atoms with Crippen molar-refractivity contribution in [2.45, 2.75) is 39.7 Å². The molecule has 0 saturated carbocycles. The van der Waals surface area contributed by atoms with Crippen LogP contribution in [-0.4, -0.2) is 38.5 Å². The highest BCUT2D eigenvalue weighted by molar-refractivity contribution is 6.08. The maximum absolute atomic E-state index is 12.7. The van der Waals surface area contributed by atoms with Gasteiger partial charge < -0.3 is 5.32 Å². The number of rotatable bonds is 4. The van der Waals surface area contributed by atoms with Crippen molar-refractivity contribution in [3.8, 4) is 0 Å². The first kappa shape index (κ1) is 17.7. The zero-order valence-corrected chi connectivity index (χ0v) is 15.9. The number of carbonyl (C=O) groups is 1. The summed E-state index contributed by atoms with van der Waals surface area (Å²) in [5.74, 6) is -0.189. The average molecular weight is 363 g/mol. The van der Waals surface area contributed by atoms with Gasteiger partial charge in [-0.15, -0.1) is 0 Å². The van der Waals surface area contributed by atoms with E-state index in [9.17, 15) is 4.79 Å². The van der Waals surface area contributed by atoms with E-state index in [0.717, 1.165) is 23.6 Å². The quantitative estimate of drug-likeness (QED) is 0.769. The predicted molar refractivity (Wildman–Crippen MR) is 106 cm³/mol. The number of hydrogen-bond acceptors (Lipinski definition) is 4. The molecule has 6 heteroatoms. The topological polar surface area (TPSA) is 62.5 Å². The molecule has 1 amide bonds. The lowest BCUT2D eigenvalue weighted by atomic mass is 10.1. The van der Waals surface area contributed by atoms with E-state index < -0.39 is 0 Å². The van der Waals surface area contributed by atoms with E-state index in [1.807, 2.05) is 32.0 Å². The second-order valence-electron chi connectivity index (χ2n) is 7.32. The second-order valence-corrected chi connectivity index (χ2v) is 7.32. The van der Waals surface area contributed by atoms with Gasteiger partial charge in [0, 0.05) is 23.6 Å². The number of likely N-dealkylation sites (tertiary alicyclic amines) is 1. The molecule has 6 nitrogen and oxygen atoms in total. The highest BCUT2D eigenvalue weighted by Crippen LogP contribution is 2.17. The molecule has 1 fully saturated rings. The molecule has 2 aromatic heterocycles. The molecule has 0 bridgehead atoms. The third kappa shape index (κ3) is 3.85. The molecule has 140 valence electrons. The van der Waals surface area contributed by atoms with E-state index in [0.29, 0.717) is 11.2 Å². The maximum atomic E-state index is 12.7. The Kier molecular flexibility index (Phi) is 4.90. The molecule has 0 unspecified atom stereocenters. The van der Waals surface area contributed by atoms with Crippen LogP contribution >= 0.6 is 0 Å². The molecule has 0 radical (unpaired) electrons. The molecular weight excluding hydrogens is 338 g/mol. The van der Waals surface area contributed by atoms with E-state index in [4.69, 9.17) is 0 Å². The lowest BCUT2D eigenvalue weighted by Crippen LogP contribution is -2.29. The van der Waals surface area contributed by atoms with E-state index in [1.165, 1.54) is 37.9 Å². The standard InChI is InChI=1S/C21H25N5O/c1-15-12-16(2)26-20(23-15)19(13-22-26)21(27)24-18-8-6-17(7-9-18)14-25-10-4-3-5-11-25/h6-9,12-13H,3-5,10-11,14H2,1-2H3,(H,24,27). The van der Waals surface area contributed by atoms with Crippen molar-refractivity contribution >= 4 is 17.2 Å². The number of anilines is 1. The number of amides is 1. The summed E-state index contributed by atoms with van der Waals surface area (Å²) in [6.07, 6.45) is 5.51. The summed E-state index contributed by atoms with van der Waals surface area (Å²) >= 11 is 0. The van der Waals surface area contributed by atoms with Gasteiger partial charge in [-0.05, 0) is 63.5 Å². The van der Waals surface area contributed by atoms with Gasteiger partial charge in [-0.3, -0.25) is 9.69 Å². The molecular formula is C21H25N5O. The summed E-state index contributed by atoms with van der Waals surface area (Å²) in [6, 6.07) is 10.1. The van der Waals surface area contributed by atoms with Gasteiger partial charge >= 0.3 is 0 Å². The Morgan fingerprint density at radius 2 is 1.85 bits per heavy atom. The number of aromatic nitrogens is 3. The summed E-state index contributed by atoms with van der Waals surface area (Å²) in [6.45, 7) is 7.21. The van der Waals surface area contributed by atoms with Crippen molar-refractivity contribution in [3.63, 3.8) is 0 Å². The smallest absolute Gasteiger partial charge is 0.261 e. The maximum Gasteiger partial charge on any atom is 0.261 e. The SMILES string of the molecule is Cc1cc(C)n2ncc(C(=O)Nc3ccc(CN4CCCCC4)cc3)c2n1. The van der Waals surface area contributed by atoms with Crippen LogP contribution in [0.5, 0.6) is 0 Å². The van der Waals surface area contributed by atoms with Gasteiger partial charge in [-0.2, -0.15) is 5.10 Å². The first-order chi connectivity index (χ1) is 13.1. The Labute approximate surface area is 159 Å². The molecule has 4 rings (SSSR count). The molecule has 3 heterocycles. The van der Waals surface area contributed by atoms with Crippen LogP contribution in [0.25, 0.3) is 5.65 Å². The summed E-state index contributed by atoms with van der Waals surface area (Å²) in [5.41, 5.74) is 4.96. The monoisotopic (exact) mass is 363 g/mol. The number of carbonyl (C=O) groups excluding carboxylic acids is 1. The number of hydrogen-bond donors (Lipinski definition) is 1. The van der Waals surface area contributed by atoms with Crippen LogP contribution in [-0.2, 0) is 6.54 Å². The van der Waals surface area contributed by atoms with Crippen molar-refractivity contribution in [3.05, 3.63) is 59.0 Å². The minimum atomic E-state index is -0.189. The zero-order chi connectivity index (χ0) is 18.8. The van der Waals surface area contributed by atoms with Crippen LogP contribution in [0.2, 0.25) is 0 Å². The number of benzene rings is 1. The van der Waals surface area contributed by atoms with Crippen molar-refractivity contribution in [2.24, 2.45) is 0 Å². The van der Waals surface area contributed by atoms with E-state index in [-0.39, 0.29) is 5.91 Å². The van der Waals surface area contributed by atoms with Crippen molar-refractivity contribution in [2.75, 3.05) is 18.4 Å². The van der Waals surface area contributed by atoms with E-state index in [2.05, 4.69) is 32.4 Å². The van der Waals surface area contributed by atoms with Crippen LogP contribution in [0.1, 0.15) is 46.6 Å². The Hall–Kier alpha value is -2.73. The fourth-order valence-corrected chi connectivity index (χ4v) is 3.70. The Morgan fingerprint density at radius 3 is 2.59 bits per heavy atom. The largest absolute Gasteiger partial charge is 0.322 e. The highest BCUT2D eigenvalue weighted by atomic mass is 16.1. The van der Waals surface area contributed by atoms with Gasteiger partial charge in [0.25, 0.3) is 5.91 Å². The third-order valence-electron chi connectivity index (χ3n) is 5.09. The summed E-state index contributed by atoms with van der Waals surface area (Å²) in [5, 5.41) is 7.25. The molecule has 0 spiro atoms. The van der Waals surface area contributed by atoms with Crippen molar-refractivity contribution in [1.82, 2.24) is 19.5 Å². The molecule has 0 aliphatic carbocycles. The summed E-state index contributed by atoms with van der Waals surface area (Å²) in [7, 11) is 0. The van der Waals surface area contributed by atoms with E-state index >= 15 is 0 Å². The number of nitrogens with one attached hydrogen (secondary N) is 1. The number of nitrogens with zero attached hydrogens (tertiary/aromatic N) is 4. The highest BCUT2D eigenvalue weighted by Gasteiger charge is 2.16. The summed E-state index contributed by atoms with van der Waals surface area (Å²) < 4.78 is 1.70. The number of fused-ring (bicyclic) bond motifs is 1. The first-order valence-electron chi connectivity index (χ1n) is 9.55. The predicted octanol–water partition coefficient (Wildman–Crippen LogP) is 3.58. The molecule has 1 aromatic carbocycles. The minimum absolute atomic E-state index is 0.189. The van der Waals surface area contributed by atoms with Crippen LogP contribution in [0.3, 0.4) is 0 Å². The third-order valence-corrected chi connectivity index (χ3v) is 5.09. The molecule has 3 aromatic rings. The Balaban J connectivity index is 1.47. The van der Waals surface area contributed by atoms with Gasteiger partial charge in [0.1, 0.15) is 5.56 Å². The minimum Gasteiger partial charge on any atom is -0.322 e. The first-order valence-corrected chi connectivity index (χ1v) is 9.55. The van der Waals surface area contributed by atoms with Gasteiger partial charge in [0.15, 0.2) is 5.65 Å². The Bertz CT molecular complexity index is 955. The molecule has 0 atom stereocenters. The number of piperidine rings is 1. The van der Waals surface area contributed by atoms with Crippen LogP contribution in [0.4, 0.5) is 5.69 Å². The van der Waals surface area contributed by atoms with Gasteiger partial charge in [-0.25, -0.2) is 9.50 Å². The van der Waals surface area contributed by atoms with Gasteiger partial charge in [0.2, 0.25) is 0 Å². The van der Waals surface area contributed by atoms with Crippen molar-refractivity contribution < 1.29 is 4.79 Å². The van der Waals surface area contributed by atoms with Crippen LogP contribution in [0.15, 0.2) is 36.5 Å².